The van der Waals surface area contributed by atoms with Gasteiger partial charge in [0.25, 0.3) is 0 Å². The van der Waals surface area contributed by atoms with E-state index in [0.717, 1.165) is 0 Å². The maximum atomic E-state index is 2.39. The van der Waals surface area contributed by atoms with E-state index in [9.17, 15) is 0 Å². The molecule has 163 valence electrons. The molecule has 0 bridgehead atoms. The Bertz CT molecular complexity index is 1530. The Morgan fingerprint density at radius 3 is 1.79 bits per heavy atom. The summed E-state index contributed by atoms with van der Waals surface area (Å²) in [5.74, 6) is 0. The predicted octanol–water partition coefficient (Wildman–Crippen LogP) is 6.89. The van der Waals surface area contributed by atoms with Gasteiger partial charge in [0.15, 0.2) is 8.80 Å². The average Bonchev–Trinajstić information content (AvgIpc) is 2.85. The molecule has 5 aromatic carbocycles. The fourth-order valence-electron chi connectivity index (χ4n) is 5.78. The van der Waals surface area contributed by atoms with Crippen molar-refractivity contribution in [1.82, 2.24) is 0 Å². The predicted molar refractivity (Wildman–Crippen MR) is 148 cm³/mol. The second kappa shape index (κ2) is 8.27. The normalized spacial score (nSPS) is 13.5. The topological polar surface area (TPSA) is 0 Å². The Labute approximate surface area is 203 Å². The lowest BCUT2D eigenvalue weighted by Gasteiger charge is -2.33. The van der Waals surface area contributed by atoms with Crippen molar-refractivity contribution in [3.8, 4) is 0 Å². The van der Waals surface area contributed by atoms with Gasteiger partial charge >= 0.3 is 0 Å². The van der Waals surface area contributed by atoms with Gasteiger partial charge in [-0.15, -0.1) is 0 Å². The monoisotopic (exact) mass is 451 g/mol. The molecule has 0 aliphatic carbocycles. The van der Waals surface area contributed by atoms with Crippen molar-refractivity contribution >= 4 is 40.7 Å². The van der Waals surface area contributed by atoms with Gasteiger partial charge in [0.1, 0.15) is 0 Å². The van der Waals surface area contributed by atoms with Crippen molar-refractivity contribution in [2.75, 3.05) is 0 Å². The molecule has 1 aliphatic rings. The van der Waals surface area contributed by atoms with Crippen LogP contribution in [0, 0.1) is 20.8 Å². The van der Waals surface area contributed by atoms with E-state index in [1.54, 1.807) is 0 Å². The standard InChI is InChI=1S/C33H27Si/c1-22-20-23(2)32(24(3)21-22)34-29-19-11-17-25-16-10-18-28(30(25)29)31(26-12-6-4-7-13-26)33(34)27-14-8-5-9-15-27/h4-21H,1-3H3. The molecule has 0 saturated carbocycles. The first-order chi connectivity index (χ1) is 16.6. The van der Waals surface area contributed by atoms with Gasteiger partial charge in [-0.3, -0.25) is 0 Å². The second-order valence-corrected chi connectivity index (χ2v) is 11.6. The highest BCUT2D eigenvalue weighted by molar-refractivity contribution is 7.03. The van der Waals surface area contributed by atoms with Gasteiger partial charge in [0.2, 0.25) is 0 Å². The van der Waals surface area contributed by atoms with Gasteiger partial charge in [-0.1, -0.05) is 126 Å². The van der Waals surface area contributed by atoms with Crippen LogP contribution in [0.4, 0.5) is 0 Å². The van der Waals surface area contributed by atoms with E-state index in [2.05, 4.69) is 130 Å². The molecular weight excluding hydrogens is 424 g/mol. The molecule has 1 aliphatic heterocycles. The van der Waals surface area contributed by atoms with Crippen LogP contribution in [-0.2, 0) is 0 Å². The number of aryl methyl sites for hydroxylation is 3. The highest BCUT2D eigenvalue weighted by Crippen LogP contribution is 2.40. The van der Waals surface area contributed by atoms with Crippen LogP contribution < -0.4 is 10.4 Å². The highest BCUT2D eigenvalue weighted by atomic mass is 28.3. The molecular formula is C33H27Si. The smallest absolute Gasteiger partial charge is 0.0622 e. The first-order valence-electron chi connectivity index (χ1n) is 12.0. The van der Waals surface area contributed by atoms with E-state index in [1.807, 2.05) is 0 Å². The third kappa shape index (κ3) is 3.28. The quantitative estimate of drug-likeness (QED) is 0.262. The molecule has 6 rings (SSSR count). The summed E-state index contributed by atoms with van der Waals surface area (Å²) in [6, 6.07) is 40.5. The van der Waals surface area contributed by atoms with Crippen LogP contribution in [0.15, 0.2) is 109 Å². The zero-order chi connectivity index (χ0) is 23.2. The van der Waals surface area contributed by atoms with Gasteiger partial charge in [-0.2, -0.15) is 0 Å². The fourth-order valence-corrected chi connectivity index (χ4v) is 9.28. The summed E-state index contributed by atoms with van der Waals surface area (Å²) in [5, 5.41) is 7.30. The summed E-state index contributed by atoms with van der Waals surface area (Å²) in [6.45, 7) is 6.82. The molecule has 1 radical (unpaired) electrons. The van der Waals surface area contributed by atoms with Crippen molar-refractivity contribution in [1.29, 1.82) is 0 Å². The largest absolute Gasteiger partial charge is 0.157 e. The lowest BCUT2D eigenvalue weighted by atomic mass is 9.91. The molecule has 34 heavy (non-hydrogen) atoms. The highest BCUT2D eigenvalue weighted by Gasteiger charge is 2.35. The van der Waals surface area contributed by atoms with Gasteiger partial charge in [0.05, 0.1) is 0 Å². The van der Waals surface area contributed by atoms with Crippen LogP contribution in [-0.4, -0.2) is 8.80 Å². The van der Waals surface area contributed by atoms with Crippen LogP contribution in [0.25, 0.3) is 21.5 Å². The van der Waals surface area contributed by atoms with Crippen molar-refractivity contribution in [3.63, 3.8) is 0 Å². The molecule has 0 nitrogen and oxygen atoms in total. The molecule has 5 aromatic rings. The Balaban J connectivity index is 1.83. The molecule has 1 heterocycles. The van der Waals surface area contributed by atoms with E-state index in [0.29, 0.717) is 0 Å². The minimum atomic E-state index is -1.27. The van der Waals surface area contributed by atoms with Gasteiger partial charge in [0, 0.05) is 0 Å². The van der Waals surface area contributed by atoms with E-state index in [-0.39, 0.29) is 0 Å². The number of hydrogen-bond donors (Lipinski definition) is 0. The van der Waals surface area contributed by atoms with Crippen LogP contribution in [0.1, 0.15) is 33.4 Å². The lowest BCUT2D eigenvalue weighted by molar-refractivity contribution is 1.35. The molecule has 0 amide bonds. The zero-order valence-electron chi connectivity index (χ0n) is 19.9. The summed E-state index contributed by atoms with van der Waals surface area (Å²) >= 11 is 0. The van der Waals surface area contributed by atoms with Crippen molar-refractivity contribution in [2.24, 2.45) is 0 Å². The number of rotatable bonds is 3. The van der Waals surface area contributed by atoms with Gasteiger partial charge < -0.3 is 0 Å². The Morgan fingerprint density at radius 1 is 0.559 bits per heavy atom. The summed E-state index contributed by atoms with van der Waals surface area (Å²) in [6.07, 6.45) is 0. The molecule has 0 atom stereocenters. The maximum absolute atomic E-state index is 2.39. The molecule has 1 heteroatoms. The van der Waals surface area contributed by atoms with Crippen molar-refractivity contribution in [2.45, 2.75) is 20.8 Å². The third-order valence-corrected chi connectivity index (χ3v) is 10.3. The van der Waals surface area contributed by atoms with Crippen LogP contribution in [0.5, 0.6) is 0 Å². The molecule has 0 spiro atoms. The van der Waals surface area contributed by atoms with Crippen molar-refractivity contribution in [3.05, 3.63) is 143 Å². The van der Waals surface area contributed by atoms with Crippen LogP contribution >= 0.6 is 0 Å². The van der Waals surface area contributed by atoms with Crippen molar-refractivity contribution < 1.29 is 0 Å². The summed E-state index contributed by atoms with van der Waals surface area (Å²) in [5.41, 5.74) is 9.53. The zero-order valence-corrected chi connectivity index (χ0v) is 20.9. The number of hydrogen-bond acceptors (Lipinski definition) is 0. The second-order valence-electron chi connectivity index (χ2n) is 9.34. The molecule has 0 N–H and O–H groups in total. The van der Waals surface area contributed by atoms with Crippen LogP contribution in [0.3, 0.4) is 0 Å². The number of benzene rings is 5. The van der Waals surface area contributed by atoms with Crippen LogP contribution in [0.2, 0.25) is 0 Å². The Hall–Kier alpha value is -3.68. The van der Waals surface area contributed by atoms with E-state index in [4.69, 9.17) is 0 Å². The average molecular weight is 452 g/mol. The fraction of sp³-hybridized carbons (Fsp3) is 0.0909. The van der Waals surface area contributed by atoms with E-state index < -0.39 is 8.80 Å². The summed E-state index contributed by atoms with van der Waals surface area (Å²) < 4.78 is 0. The molecule has 0 saturated heterocycles. The Kier molecular flexibility index (Phi) is 5.08. The van der Waals surface area contributed by atoms with E-state index >= 15 is 0 Å². The summed E-state index contributed by atoms with van der Waals surface area (Å²) in [4.78, 5) is 0. The summed E-state index contributed by atoms with van der Waals surface area (Å²) in [7, 11) is -1.27. The Morgan fingerprint density at radius 2 is 1.15 bits per heavy atom. The van der Waals surface area contributed by atoms with Gasteiger partial charge in [-0.05, 0) is 69.4 Å². The minimum absolute atomic E-state index is 1.27. The van der Waals surface area contributed by atoms with Gasteiger partial charge in [-0.25, -0.2) is 0 Å². The minimum Gasteiger partial charge on any atom is -0.0622 e. The SMILES string of the molecule is Cc1cc(C)c([Si]2C(c3ccccc3)=C(c3ccccc3)c3cccc4cccc2c34)c(C)c1. The molecule has 0 fully saturated rings. The molecule has 0 aromatic heterocycles. The first-order valence-corrected chi connectivity index (χ1v) is 13.5. The maximum Gasteiger partial charge on any atom is 0.157 e. The first kappa shape index (κ1) is 20.9. The lowest BCUT2D eigenvalue weighted by Crippen LogP contribution is -2.48. The third-order valence-electron chi connectivity index (χ3n) is 7.00. The van der Waals surface area contributed by atoms with E-state index in [1.165, 1.54) is 65.3 Å². The molecule has 0 unspecified atom stereocenters.